The van der Waals surface area contributed by atoms with Gasteiger partial charge in [0.05, 0.1) is 0 Å². The Bertz CT molecular complexity index is 439. The maximum absolute atomic E-state index is 4.27. The Kier molecular flexibility index (Phi) is 4.77. The number of pyridine rings is 1. The molecular formula is C16H20N2. The van der Waals surface area contributed by atoms with Crippen LogP contribution in [0.1, 0.15) is 25.3 Å². The number of anilines is 1. The van der Waals surface area contributed by atoms with Gasteiger partial charge in [-0.3, -0.25) is 0 Å². The highest BCUT2D eigenvalue weighted by Crippen LogP contribution is 2.10. The zero-order valence-corrected chi connectivity index (χ0v) is 10.8. The SMILES string of the molecule is CC(CCCc1ccccc1)Nc1ccccn1. The number of aryl methyl sites for hydroxylation is 1. The van der Waals surface area contributed by atoms with Gasteiger partial charge >= 0.3 is 0 Å². The van der Waals surface area contributed by atoms with Crippen molar-refractivity contribution in [3.63, 3.8) is 0 Å². The van der Waals surface area contributed by atoms with E-state index in [9.17, 15) is 0 Å². The Morgan fingerprint density at radius 3 is 2.56 bits per heavy atom. The molecule has 1 aromatic carbocycles. The van der Waals surface area contributed by atoms with E-state index in [4.69, 9.17) is 0 Å². The molecule has 0 aliphatic heterocycles. The highest BCUT2D eigenvalue weighted by molar-refractivity contribution is 5.34. The molecule has 94 valence electrons. The van der Waals surface area contributed by atoms with Crippen LogP contribution < -0.4 is 5.32 Å². The van der Waals surface area contributed by atoms with E-state index in [1.807, 2.05) is 24.4 Å². The molecule has 2 heteroatoms. The molecule has 1 unspecified atom stereocenters. The van der Waals surface area contributed by atoms with Crippen LogP contribution >= 0.6 is 0 Å². The Morgan fingerprint density at radius 2 is 1.83 bits per heavy atom. The van der Waals surface area contributed by atoms with E-state index < -0.39 is 0 Å². The first-order chi connectivity index (χ1) is 8.84. The van der Waals surface area contributed by atoms with Crippen LogP contribution in [0.2, 0.25) is 0 Å². The van der Waals surface area contributed by atoms with E-state index in [-0.39, 0.29) is 0 Å². The summed E-state index contributed by atoms with van der Waals surface area (Å²) in [5, 5.41) is 3.42. The van der Waals surface area contributed by atoms with E-state index in [0.717, 1.165) is 18.7 Å². The molecule has 0 aliphatic rings. The quantitative estimate of drug-likeness (QED) is 0.828. The van der Waals surface area contributed by atoms with Crippen LogP contribution in [0, 0.1) is 0 Å². The van der Waals surface area contributed by atoms with Gasteiger partial charge in [0.1, 0.15) is 5.82 Å². The third kappa shape index (κ3) is 4.21. The maximum atomic E-state index is 4.27. The topological polar surface area (TPSA) is 24.9 Å². The van der Waals surface area contributed by atoms with E-state index >= 15 is 0 Å². The molecular weight excluding hydrogens is 220 g/mol. The molecule has 18 heavy (non-hydrogen) atoms. The molecule has 2 rings (SSSR count). The average molecular weight is 240 g/mol. The molecule has 0 saturated carbocycles. The molecule has 0 saturated heterocycles. The molecule has 0 amide bonds. The zero-order valence-electron chi connectivity index (χ0n) is 10.8. The van der Waals surface area contributed by atoms with Crippen LogP contribution in [0.5, 0.6) is 0 Å². The predicted octanol–water partition coefficient (Wildman–Crippen LogP) is 3.90. The first-order valence-corrected chi connectivity index (χ1v) is 6.56. The summed E-state index contributed by atoms with van der Waals surface area (Å²) in [5.74, 6) is 0.963. The molecule has 1 atom stereocenters. The van der Waals surface area contributed by atoms with Crippen molar-refractivity contribution in [3.8, 4) is 0 Å². The van der Waals surface area contributed by atoms with Gasteiger partial charge in [-0.2, -0.15) is 0 Å². The van der Waals surface area contributed by atoms with Crippen LogP contribution in [-0.4, -0.2) is 11.0 Å². The van der Waals surface area contributed by atoms with Gasteiger partial charge in [0.25, 0.3) is 0 Å². The highest BCUT2D eigenvalue weighted by atomic mass is 15.0. The van der Waals surface area contributed by atoms with Crippen LogP contribution in [0.15, 0.2) is 54.7 Å². The average Bonchev–Trinajstić information content (AvgIpc) is 2.41. The Morgan fingerprint density at radius 1 is 1.06 bits per heavy atom. The summed E-state index contributed by atoms with van der Waals surface area (Å²) in [4.78, 5) is 4.27. The third-order valence-electron chi connectivity index (χ3n) is 3.00. The molecule has 0 fully saturated rings. The molecule has 1 aromatic heterocycles. The second-order valence-electron chi connectivity index (χ2n) is 4.64. The molecule has 2 aromatic rings. The summed E-state index contributed by atoms with van der Waals surface area (Å²) in [6.07, 6.45) is 5.32. The van der Waals surface area contributed by atoms with Crippen molar-refractivity contribution < 1.29 is 0 Å². The number of nitrogens with zero attached hydrogens (tertiary/aromatic N) is 1. The maximum Gasteiger partial charge on any atom is 0.126 e. The lowest BCUT2D eigenvalue weighted by Gasteiger charge is -2.14. The van der Waals surface area contributed by atoms with Crippen molar-refractivity contribution in [3.05, 3.63) is 60.3 Å². The number of benzene rings is 1. The van der Waals surface area contributed by atoms with Gasteiger partial charge < -0.3 is 5.32 Å². The fourth-order valence-corrected chi connectivity index (χ4v) is 2.03. The first-order valence-electron chi connectivity index (χ1n) is 6.56. The largest absolute Gasteiger partial charge is 0.368 e. The van der Waals surface area contributed by atoms with E-state index in [1.165, 1.54) is 12.0 Å². The van der Waals surface area contributed by atoms with Gasteiger partial charge in [-0.1, -0.05) is 36.4 Å². The van der Waals surface area contributed by atoms with Gasteiger partial charge in [-0.25, -0.2) is 4.98 Å². The normalized spacial score (nSPS) is 12.1. The fraction of sp³-hybridized carbons (Fsp3) is 0.312. The van der Waals surface area contributed by atoms with Gasteiger partial charge in [-0.15, -0.1) is 0 Å². The molecule has 0 spiro atoms. The minimum absolute atomic E-state index is 0.462. The van der Waals surface area contributed by atoms with Crippen LogP contribution in [0.25, 0.3) is 0 Å². The second kappa shape index (κ2) is 6.80. The summed E-state index contributed by atoms with van der Waals surface area (Å²) in [5.41, 5.74) is 1.42. The predicted molar refractivity (Wildman–Crippen MR) is 76.7 cm³/mol. The van der Waals surface area contributed by atoms with Crippen molar-refractivity contribution in [1.82, 2.24) is 4.98 Å². The molecule has 1 heterocycles. The van der Waals surface area contributed by atoms with Crippen molar-refractivity contribution in [2.45, 2.75) is 32.2 Å². The first kappa shape index (κ1) is 12.6. The Labute approximate surface area is 109 Å². The van der Waals surface area contributed by atoms with Crippen molar-refractivity contribution in [2.75, 3.05) is 5.32 Å². The molecule has 0 aliphatic carbocycles. The molecule has 1 N–H and O–H groups in total. The van der Waals surface area contributed by atoms with Crippen molar-refractivity contribution in [2.24, 2.45) is 0 Å². The molecule has 0 radical (unpaired) electrons. The second-order valence-corrected chi connectivity index (χ2v) is 4.64. The van der Waals surface area contributed by atoms with Crippen LogP contribution in [0.3, 0.4) is 0 Å². The van der Waals surface area contributed by atoms with Crippen molar-refractivity contribution in [1.29, 1.82) is 0 Å². The summed E-state index contributed by atoms with van der Waals surface area (Å²) >= 11 is 0. The number of hydrogen-bond acceptors (Lipinski definition) is 2. The Hall–Kier alpha value is -1.83. The lowest BCUT2D eigenvalue weighted by atomic mass is 10.1. The monoisotopic (exact) mass is 240 g/mol. The summed E-state index contributed by atoms with van der Waals surface area (Å²) in [7, 11) is 0. The Balaban J connectivity index is 1.71. The van der Waals surface area contributed by atoms with Gasteiger partial charge in [0.15, 0.2) is 0 Å². The fourth-order valence-electron chi connectivity index (χ4n) is 2.03. The van der Waals surface area contributed by atoms with Gasteiger partial charge in [0.2, 0.25) is 0 Å². The smallest absolute Gasteiger partial charge is 0.126 e. The van der Waals surface area contributed by atoms with E-state index in [2.05, 4.69) is 47.6 Å². The number of aromatic nitrogens is 1. The minimum atomic E-state index is 0.462. The lowest BCUT2D eigenvalue weighted by molar-refractivity contribution is 0.653. The van der Waals surface area contributed by atoms with Crippen LogP contribution in [-0.2, 0) is 6.42 Å². The number of rotatable bonds is 6. The van der Waals surface area contributed by atoms with Crippen LogP contribution in [0.4, 0.5) is 5.82 Å². The highest BCUT2D eigenvalue weighted by Gasteiger charge is 2.02. The summed E-state index contributed by atoms with van der Waals surface area (Å²) < 4.78 is 0. The minimum Gasteiger partial charge on any atom is -0.368 e. The standard InChI is InChI=1S/C16H20N2/c1-14(18-16-12-5-6-13-17-16)8-7-11-15-9-3-2-4-10-15/h2-6,9-10,12-14H,7-8,11H2,1H3,(H,17,18). The molecule has 2 nitrogen and oxygen atoms in total. The molecule has 0 bridgehead atoms. The van der Waals surface area contributed by atoms with E-state index in [1.54, 1.807) is 0 Å². The van der Waals surface area contributed by atoms with E-state index in [0.29, 0.717) is 6.04 Å². The van der Waals surface area contributed by atoms with Gasteiger partial charge in [-0.05, 0) is 43.9 Å². The summed E-state index contributed by atoms with van der Waals surface area (Å²) in [6.45, 7) is 2.21. The number of hydrogen-bond donors (Lipinski definition) is 1. The summed E-state index contributed by atoms with van der Waals surface area (Å²) in [6, 6.07) is 17.1. The zero-order chi connectivity index (χ0) is 12.6. The number of nitrogens with one attached hydrogen (secondary N) is 1. The third-order valence-corrected chi connectivity index (χ3v) is 3.00. The van der Waals surface area contributed by atoms with Gasteiger partial charge in [0, 0.05) is 12.2 Å². The lowest BCUT2D eigenvalue weighted by Crippen LogP contribution is -2.15. The van der Waals surface area contributed by atoms with Crippen molar-refractivity contribution >= 4 is 5.82 Å².